The molecule has 1 saturated heterocycles. The van der Waals surface area contributed by atoms with E-state index in [1.807, 2.05) is 44.2 Å². The standard InChI is InChI=1S/C20H31N3O4/c1-13(2)16-15(17(24)22-21-14-11-9-8-10-12-14)23(20(6,7)26-16)18(25)27-19(3,4)5/h8-13,15-16,21H,1-7H3,(H,22,24)/t15-,16+/m0/s1. The van der Waals surface area contributed by atoms with Gasteiger partial charge in [0, 0.05) is 0 Å². The van der Waals surface area contributed by atoms with Crippen molar-refractivity contribution >= 4 is 17.7 Å². The highest BCUT2D eigenvalue weighted by molar-refractivity contribution is 5.88. The van der Waals surface area contributed by atoms with Crippen LogP contribution < -0.4 is 10.9 Å². The van der Waals surface area contributed by atoms with Gasteiger partial charge in [-0.1, -0.05) is 32.0 Å². The minimum absolute atomic E-state index is 0.0317. The molecule has 1 aliphatic rings. The van der Waals surface area contributed by atoms with E-state index in [9.17, 15) is 9.59 Å². The number of benzene rings is 1. The molecule has 1 aromatic rings. The summed E-state index contributed by atoms with van der Waals surface area (Å²) in [7, 11) is 0. The Hall–Kier alpha value is -2.28. The van der Waals surface area contributed by atoms with Crippen LogP contribution in [0.3, 0.4) is 0 Å². The fourth-order valence-electron chi connectivity index (χ4n) is 3.08. The molecule has 2 amide bonds. The Morgan fingerprint density at radius 3 is 2.30 bits per heavy atom. The molecule has 150 valence electrons. The van der Waals surface area contributed by atoms with Gasteiger partial charge in [-0.2, -0.15) is 0 Å². The number of amides is 2. The summed E-state index contributed by atoms with van der Waals surface area (Å²) in [5.74, 6) is -0.321. The van der Waals surface area contributed by atoms with E-state index < -0.39 is 29.6 Å². The molecule has 0 unspecified atom stereocenters. The average molecular weight is 377 g/mol. The van der Waals surface area contributed by atoms with Gasteiger partial charge in [-0.25, -0.2) is 4.79 Å². The van der Waals surface area contributed by atoms with Crippen LogP contribution in [0.25, 0.3) is 0 Å². The van der Waals surface area contributed by atoms with E-state index >= 15 is 0 Å². The maximum absolute atomic E-state index is 13.0. The van der Waals surface area contributed by atoms with E-state index in [2.05, 4.69) is 10.9 Å². The molecule has 27 heavy (non-hydrogen) atoms. The second-order valence-corrected chi connectivity index (χ2v) is 8.55. The molecular formula is C20H31N3O4. The maximum Gasteiger partial charge on any atom is 0.413 e. The molecule has 0 aliphatic carbocycles. The number of carbonyl (C=O) groups excluding carboxylic acids is 2. The SMILES string of the molecule is CC(C)[C@H]1OC(C)(C)N(C(=O)OC(C)(C)C)[C@@H]1C(=O)NNc1ccccc1. The van der Waals surface area contributed by atoms with Gasteiger partial charge in [0.1, 0.15) is 17.4 Å². The Bertz CT molecular complexity index is 668. The van der Waals surface area contributed by atoms with Gasteiger partial charge >= 0.3 is 6.09 Å². The summed E-state index contributed by atoms with van der Waals surface area (Å²) in [4.78, 5) is 27.2. The molecule has 7 heteroatoms. The second kappa shape index (κ2) is 7.76. The Morgan fingerprint density at radius 1 is 1.19 bits per heavy atom. The number of ether oxygens (including phenoxy) is 2. The minimum Gasteiger partial charge on any atom is -0.444 e. The van der Waals surface area contributed by atoms with E-state index in [0.717, 1.165) is 5.69 Å². The first-order valence-electron chi connectivity index (χ1n) is 9.23. The maximum atomic E-state index is 13.0. The molecule has 2 atom stereocenters. The number of nitrogens with zero attached hydrogens (tertiary/aromatic N) is 1. The van der Waals surface area contributed by atoms with E-state index in [-0.39, 0.29) is 11.8 Å². The largest absolute Gasteiger partial charge is 0.444 e. The zero-order valence-corrected chi connectivity index (χ0v) is 17.2. The third-order valence-corrected chi connectivity index (χ3v) is 4.21. The Kier molecular flexibility index (Phi) is 6.04. The molecule has 7 nitrogen and oxygen atoms in total. The smallest absolute Gasteiger partial charge is 0.413 e. The molecule has 1 heterocycles. The summed E-state index contributed by atoms with van der Waals surface area (Å²) in [6, 6.07) is 8.47. The highest BCUT2D eigenvalue weighted by Gasteiger charge is 2.55. The van der Waals surface area contributed by atoms with Gasteiger partial charge in [0.25, 0.3) is 5.91 Å². The number of para-hydroxylation sites is 1. The van der Waals surface area contributed by atoms with Crippen molar-refractivity contribution in [3.8, 4) is 0 Å². The van der Waals surface area contributed by atoms with Crippen LogP contribution in [0.1, 0.15) is 48.5 Å². The summed E-state index contributed by atoms with van der Waals surface area (Å²) in [5.41, 5.74) is 4.68. The van der Waals surface area contributed by atoms with Crippen molar-refractivity contribution in [1.29, 1.82) is 0 Å². The molecule has 0 saturated carbocycles. The van der Waals surface area contributed by atoms with Crippen LogP contribution in [-0.4, -0.2) is 40.4 Å². The fourth-order valence-corrected chi connectivity index (χ4v) is 3.08. The number of hydrogen-bond donors (Lipinski definition) is 2. The van der Waals surface area contributed by atoms with Crippen molar-refractivity contribution in [2.24, 2.45) is 5.92 Å². The lowest BCUT2D eigenvalue weighted by atomic mass is 9.99. The molecule has 0 aromatic heterocycles. The topological polar surface area (TPSA) is 79.9 Å². The van der Waals surface area contributed by atoms with Crippen LogP contribution in [0, 0.1) is 5.92 Å². The van der Waals surface area contributed by atoms with Gasteiger partial charge in [-0.15, -0.1) is 0 Å². The van der Waals surface area contributed by atoms with Crippen LogP contribution in [0.2, 0.25) is 0 Å². The predicted octanol–water partition coefficient (Wildman–Crippen LogP) is 3.53. The van der Waals surface area contributed by atoms with Gasteiger partial charge in [-0.05, 0) is 52.7 Å². The number of rotatable bonds is 4. The van der Waals surface area contributed by atoms with E-state index in [4.69, 9.17) is 9.47 Å². The molecule has 0 bridgehead atoms. The first-order valence-corrected chi connectivity index (χ1v) is 9.23. The van der Waals surface area contributed by atoms with Gasteiger partial charge < -0.3 is 9.47 Å². The van der Waals surface area contributed by atoms with Gasteiger partial charge in [-0.3, -0.25) is 20.5 Å². The van der Waals surface area contributed by atoms with Crippen molar-refractivity contribution in [3.63, 3.8) is 0 Å². The summed E-state index contributed by atoms with van der Waals surface area (Å²) in [5, 5.41) is 0. The van der Waals surface area contributed by atoms with Crippen LogP contribution in [-0.2, 0) is 14.3 Å². The predicted molar refractivity (Wildman–Crippen MR) is 104 cm³/mol. The van der Waals surface area contributed by atoms with Gasteiger partial charge in [0.15, 0.2) is 0 Å². The highest BCUT2D eigenvalue weighted by Crippen LogP contribution is 2.36. The molecule has 2 N–H and O–H groups in total. The zero-order chi connectivity index (χ0) is 20.4. The van der Waals surface area contributed by atoms with E-state index in [1.54, 1.807) is 34.6 Å². The van der Waals surface area contributed by atoms with Crippen LogP contribution in [0.15, 0.2) is 30.3 Å². The van der Waals surface area contributed by atoms with Crippen molar-refractivity contribution in [2.45, 2.75) is 71.9 Å². The fraction of sp³-hybridized carbons (Fsp3) is 0.600. The zero-order valence-electron chi connectivity index (χ0n) is 17.2. The molecule has 0 spiro atoms. The number of hydrogen-bond acceptors (Lipinski definition) is 5. The number of nitrogens with one attached hydrogen (secondary N) is 2. The molecule has 1 aliphatic heterocycles. The Labute approximate surface area is 161 Å². The van der Waals surface area contributed by atoms with E-state index in [1.165, 1.54) is 4.90 Å². The summed E-state index contributed by atoms with van der Waals surface area (Å²) in [6.45, 7) is 12.8. The summed E-state index contributed by atoms with van der Waals surface area (Å²) in [6.07, 6.45) is -1.03. The minimum atomic E-state index is -0.966. The summed E-state index contributed by atoms with van der Waals surface area (Å²) < 4.78 is 11.6. The molecule has 2 rings (SSSR count). The third-order valence-electron chi connectivity index (χ3n) is 4.21. The van der Waals surface area contributed by atoms with Crippen LogP contribution in [0.5, 0.6) is 0 Å². The van der Waals surface area contributed by atoms with E-state index in [0.29, 0.717) is 0 Å². The monoisotopic (exact) mass is 377 g/mol. The normalized spacial score (nSPS) is 21.9. The van der Waals surface area contributed by atoms with Crippen molar-refractivity contribution in [3.05, 3.63) is 30.3 Å². The molecule has 0 radical (unpaired) electrons. The quantitative estimate of drug-likeness (QED) is 0.785. The Morgan fingerprint density at radius 2 is 1.78 bits per heavy atom. The highest BCUT2D eigenvalue weighted by atomic mass is 16.6. The molecule has 1 fully saturated rings. The number of carbonyl (C=O) groups is 2. The number of anilines is 1. The van der Waals surface area contributed by atoms with Crippen molar-refractivity contribution < 1.29 is 19.1 Å². The first-order chi connectivity index (χ1) is 12.4. The number of hydrazine groups is 1. The van der Waals surface area contributed by atoms with Crippen molar-refractivity contribution in [2.75, 3.05) is 5.43 Å². The lowest BCUT2D eigenvalue weighted by Gasteiger charge is -2.34. The first kappa shape index (κ1) is 21.0. The lowest BCUT2D eigenvalue weighted by molar-refractivity contribution is -0.126. The van der Waals surface area contributed by atoms with Gasteiger partial charge in [0.05, 0.1) is 11.8 Å². The Balaban J connectivity index is 2.25. The summed E-state index contributed by atoms with van der Waals surface area (Å²) >= 11 is 0. The van der Waals surface area contributed by atoms with Crippen LogP contribution >= 0.6 is 0 Å². The molecular weight excluding hydrogens is 346 g/mol. The lowest BCUT2D eigenvalue weighted by Crippen LogP contribution is -2.56. The van der Waals surface area contributed by atoms with Gasteiger partial charge in [0.2, 0.25) is 0 Å². The average Bonchev–Trinajstić information content (AvgIpc) is 2.84. The van der Waals surface area contributed by atoms with Crippen molar-refractivity contribution in [1.82, 2.24) is 10.3 Å². The van der Waals surface area contributed by atoms with Crippen LogP contribution in [0.4, 0.5) is 10.5 Å². The molecule has 1 aromatic carbocycles. The second-order valence-electron chi connectivity index (χ2n) is 8.55. The third kappa shape index (κ3) is 5.13.